The first kappa shape index (κ1) is 12.8. The fourth-order valence-electron chi connectivity index (χ4n) is 1.54. The molecule has 0 saturated heterocycles. The Kier molecular flexibility index (Phi) is 3.72. The SMILES string of the molecule is CN(C)C=Nc1c(I)cc(Br)c2c1ncn2C. The van der Waals surface area contributed by atoms with Gasteiger partial charge in [0.15, 0.2) is 0 Å². The van der Waals surface area contributed by atoms with Crippen LogP contribution >= 0.6 is 38.5 Å². The molecule has 0 spiro atoms. The number of aryl methyl sites for hydroxylation is 1. The molecular weight excluding hydrogens is 395 g/mol. The highest BCUT2D eigenvalue weighted by Crippen LogP contribution is 2.35. The summed E-state index contributed by atoms with van der Waals surface area (Å²) in [4.78, 5) is 10.8. The van der Waals surface area contributed by atoms with Crippen molar-refractivity contribution in [3.05, 3.63) is 20.4 Å². The molecule has 2 rings (SSSR count). The second-order valence-electron chi connectivity index (χ2n) is 3.95. The van der Waals surface area contributed by atoms with Crippen molar-refractivity contribution in [2.75, 3.05) is 14.1 Å². The number of rotatable bonds is 2. The van der Waals surface area contributed by atoms with Gasteiger partial charge in [-0.25, -0.2) is 9.98 Å². The van der Waals surface area contributed by atoms with E-state index in [1.165, 1.54) is 0 Å². The van der Waals surface area contributed by atoms with E-state index in [1.807, 2.05) is 30.6 Å². The normalized spacial score (nSPS) is 11.6. The summed E-state index contributed by atoms with van der Waals surface area (Å²) in [6.45, 7) is 0. The van der Waals surface area contributed by atoms with Crippen molar-refractivity contribution in [3.63, 3.8) is 0 Å². The molecule has 0 amide bonds. The van der Waals surface area contributed by atoms with Gasteiger partial charge in [-0.15, -0.1) is 0 Å². The summed E-state index contributed by atoms with van der Waals surface area (Å²) in [5.74, 6) is 0. The van der Waals surface area contributed by atoms with Gasteiger partial charge in [0.2, 0.25) is 0 Å². The molecule has 6 heteroatoms. The molecule has 4 nitrogen and oxygen atoms in total. The van der Waals surface area contributed by atoms with Crippen LogP contribution < -0.4 is 0 Å². The van der Waals surface area contributed by atoms with Crippen molar-refractivity contribution in [2.24, 2.45) is 12.0 Å². The lowest BCUT2D eigenvalue weighted by Gasteiger charge is -2.06. The van der Waals surface area contributed by atoms with Gasteiger partial charge in [-0.3, -0.25) is 0 Å². The molecule has 1 heterocycles. The minimum atomic E-state index is 0.915. The molecule has 90 valence electrons. The molecule has 0 aliphatic heterocycles. The van der Waals surface area contributed by atoms with Crippen LogP contribution in [0.2, 0.25) is 0 Å². The summed E-state index contributed by atoms with van der Waals surface area (Å²) in [6.07, 6.45) is 3.60. The lowest BCUT2D eigenvalue weighted by atomic mass is 10.2. The van der Waals surface area contributed by atoms with E-state index >= 15 is 0 Å². The number of imidazole rings is 1. The van der Waals surface area contributed by atoms with E-state index in [0.717, 1.165) is 24.8 Å². The van der Waals surface area contributed by atoms with E-state index in [-0.39, 0.29) is 0 Å². The lowest BCUT2D eigenvalue weighted by Crippen LogP contribution is -2.07. The van der Waals surface area contributed by atoms with E-state index in [4.69, 9.17) is 0 Å². The van der Waals surface area contributed by atoms with E-state index in [1.54, 1.807) is 12.7 Å². The van der Waals surface area contributed by atoms with Crippen LogP contribution in [0.25, 0.3) is 11.0 Å². The predicted molar refractivity (Wildman–Crippen MR) is 83.0 cm³/mol. The van der Waals surface area contributed by atoms with E-state index in [2.05, 4.69) is 54.6 Å². The average molecular weight is 407 g/mol. The molecule has 0 aliphatic rings. The van der Waals surface area contributed by atoms with Crippen molar-refractivity contribution >= 4 is 61.6 Å². The molecular formula is C11H12BrIN4. The zero-order chi connectivity index (χ0) is 12.6. The van der Waals surface area contributed by atoms with Crippen LogP contribution in [0, 0.1) is 3.57 Å². The minimum absolute atomic E-state index is 0.915. The molecule has 1 aromatic carbocycles. The fourth-order valence-corrected chi connectivity index (χ4v) is 3.37. The monoisotopic (exact) mass is 406 g/mol. The van der Waals surface area contributed by atoms with E-state index < -0.39 is 0 Å². The number of hydrogen-bond acceptors (Lipinski definition) is 2. The van der Waals surface area contributed by atoms with Crippen LogP contribution in [0.5, 0.6) is 0 Å². The van der Waals surface area contributed by atoms with Gasteiger partial charge in [0, 0.05) is 29.2 Å². The first-order chi connectivity index (χ1) is 8.00. The highest BCUT2D eigenvalue weighted by Gasteiger charge is 2.12. The van der Waals surface area contributed by atoms with Crippen molar-refractivity contribution in [1.82, 2.24) is 14.5 Å². The van der Waals surface area contributed by atoms with E-state index in [9.17, 15) is 0 Å². The summed E-state index contributed by atoms with van der Waals surface area (Å²) in [5.41, 5.74) is 2.90. The predicted octanol–water partition coefficient (Wildman–Crippen LogP) is 3.16. The van der Waals surface area contributed by atoms with Gasteiger partial charge >= 0.3 is 0 Å². The molecule has 0 aliphatic carbocycles. The Balaban J connectivity index is 2.70. The summed E-state index contributed by atoms with van der Waals surface area (Å²) in [7, 11) is 5.88. The molecule has 1 aromatic heterocycles. The maximum Gasteiger partial charge on any atom is 0.116 e. The molecule has 2 aromatic rings. The number of halogens is 2. The molecule has 0 N–H and O–H groups in total. The average Bonchev–Trinajstić information content (AvgIpc) is 2.60. The molecule has 0 saturated carbocycles. The first-order valence-corrected chi connectivity index (χ1v) is 6.87. The van der Waals surface area contributed by atoms with Gasteiger partial charge in [0.05, 0.1) is 18.2 Å². The summed E-state index contributed by atoms with van der Waals surface area (Å²) in [5, 5.41) is 0. The van der Waals surface area contributed by atoms with Crippen LogP contribution in [0.3, 0.4) is 0 Å². The second-order valence-corrected chi connectivity index (χ2v) is 5.97. The molecule has 0 bridgehead atoms. The minimum Gasteiger partial charge on any atom is -0.369 e. The summed E-state index contributed by atoms with van der Waals surface area (Å²) in [6, 6.07) is 2.06. The summed E-state index contributed by atoms with van der Waals surface area (Å²) < 4.78 is 4.11. The third-order valence-corrected chi connectivity index (χ3v) is 3.71. The third kappa shape index (κ3) is 2.47. The van der Waals surface area contributed by atoms with Crippen molar-refractivity contribution in [2.45, 2.75) is 0 Å². The van der Waals surface area contributed by atoms with E-state index in [0.29, 0.717) is 0 Å². The Morgan fingerprint density at radius 2 is 2.24 bits per heavy atom. The lowest BCUT2D eigenvalue weighted by molar-refractivity contribution is 0.643. The molecule has 0 fully saturated rings. The van der Waals surface area contributed by atoms with Crippen molar-refractivity contribution in [1.29, 1.82) is 0 Å². The Morgan fingerprint density at radius 3 is 2.88 bits per heavy atom. The molecule has 0 radical (unpaired) electrons. The zero-order valence-electron chi connectivity index (χ0n) is 9.78. The van der Waals surface area contributed by atoms with Gasteiger partial charge in [0.1, 0.15) is 11.2 Å². The van der Waals surface area contributed by atoms with Crippen molar-refractivity contribution in [3.8, 4) is 0 Å². The van der Waals surface area contributed by atoms with Gasteiger partial charge in [-0.05, 0) is 44.6 Å². The summed E-state index contributed by atoms with van der Waals surface area (Å²) >= 11 is 5.84. The van der Waals surface area contributed by atoms with Gasteiger partial charge in [-0.2, -0.15) is 0 Å². The second kappa shape index (κ2) is 4.93. The first-order valence-electron chi connectivity index (χ1n) is 5.00. The highest BCUT2D eigenvalue weighted by molar-refractivity contribution is 14.1. The Morgan fingerprint density at radius 1 is 1.53 bits per heavy atom. The van der Waals surface area contributed by atoms with Crippen LogP contribution in [0.4, 0.5) is 5.69 Å². The van der Waals surface area contributed by atoms with Crippen LogP contribution in [0.1, 0.15) is 0 Å². The quantitative estimate of drug-likeness (QED) is 0.436. The Bertz CT molecular complexity index is 589. The van der Waals surface area contributed by atoms with Gasteiger partial charge < -0.3 is 9.47 Å². The number of hydrogen-bond donors (Lipinski definition) is 0. The molecule has 0 atom stereocenters. The molecule has 17 heavy (non-hydrogen) atoms. The van der Waals surface area contributed by atoms with Crippen molar-refractivity contribution < 1.29 is 0 Å². The van der Waals surface area contributed by atoms with Crippen LogP contribution in [0.15, 0.2) is 21.9 Å². The number of aromatic nitrogens is 2. The third-order valence-electron chi connectivity index (χ3n) is 2.29. The zero-order valence-corrected chi connectivity index (χ0v) is 13.5. The number of fused-ring (bicyclic) bond motifs is 1. The molecule has 0 unspecified atom stereocenters. The maximum absolute atomic E-state index is 4.48. The van der Waals surface area contributed by atoms with Gasteiger partial charge in [0.25, 0.3) is 0 Å². The van der Waals surface area contributed by atoms with Crippen LogP contribution in [-0.2, 0) is 7.05 Å². The van der Waals surface area contributed by atoms with Gasteiger partial charge in [-0.1, -0.05) is 0 Å². The Labute approximate surface area is 122 Å². The maximum atomic E-state index is 4.48. The Hall–Kier alpha value is -0.630. The largest absolute Gasteiger partial charge is 0.369 e. The highest BCUT2D eigenvalue weighted by atomic mass is 127. The standard InChI is InChI=1S/C11H12BrIN4/c1-16(2)5-14-9-8(13)4-7(12)11-10(9)15-6-17(11)3/h4-6H,1-3H3. The number of benzene rings is 1. The number of nitrogens with zero attached hydrogens (tertiary/aromatic N) is 4. The number of aliphatic imine (C=N–C) groups is 1. The smallest absolute Gasteiger partial charge is 0.116 e. The van der Waals surface area contributed by atoms with Crippen LogP contribution in [-0.4, -0.2) is 34.9 Å². The topological polar surface area (TPSA) is 33.4 Å². The fraction of sp³-hybridized carbons (Fsp3) is 0.273.